The van der Waals surface area contributed by atoms with Gasteiger partial charge in [0.2, 0.25) is 0 Å². The molecule has 0 amide bonds. The third kappa shape index (κ3) is 6.25. The highest BCUT2D eigenvalue weighted by Gasteiger charge is 2.15. The van der Waals surface area contributed by atoms with Crippen LogP contribution in [-0.2, 0) is 4.74 Å². The number of carbonyl (C=O) groups excluding carboxylic acids is 2. The van der Waals surface area contributed by atoms with Gasteiger partial charge in [-0.3, -0.25) is 4.79 Å². The number of allylic oxidation sites excluding steroid dienone is 2. The first-order chi connectivity index (χ1) is 10.4. The lowest BCUT2D eigenvalue weighted by atomic mass is 10.0. The quantitative estimate of drug-likeness (QED) is 0.393. The van der Waals surface area contributed by atoms with Gasteiger partial charge in [0.25, 0.3) is 0 Å². The Hall–Kier alpha value is -1.90. The zero-order valence-corrected chi connectivity index (χ0v) is 14.0. The Bertz CT molecular complexity index is 539. The largest absolute Gasteiger partial charge is 0.462 e. The number of benzene rings is 1. The topological polar surface area (TPSA) is 43.4 Å². The van der Waals surface area contributed by atoms with Crippen molar-refractivity contribution in [1.29, 1.82) is 0 Å². The fourth-order valence-electron chi connectivity index (χ4n) is 2.20. The van der Waals surface area contributed by atoms with Gasteiger partial charge < -0.3 is 4.74 Å². The summed E-state index contributed by atoms with van der Waals surface area (Å²) in [6.45, 7) is 8.20. The monoisotopic (exact) mass is 302 g/mol. The minimum Gasteiger partial charge on any atom is -0.462 e. The van der Waals surface area contributed by atoms with E-state index in [1.165, 1.54) is 12.5 Å². The Morgan fingerprint density at radius 1 is 1.09 bits per heavy atom. The number of carbonyl (C=O) groups is 2. The number of hydrogen-bond acceptors (Lipinski definition) is 3. The fraction of sp³-hybridized carbons (Fsp3) is 0.474. The average molecular weight is 302 g/mol. The molecule has 0 N–H and O–H groups in total. The van der Waals surface area contributed by atoms with Crippen LogP contribution in [0, 0.1) is 5.92 Å². The lowest BCUT2D eigenvalue weighted by Gasteiger charge is -2.11. The SMILES string of the molecule is CC(=O)c1ccccc1C(=O)OCC[C@H](C)CCC=C(C)C. The van der Waals surface area contributed by atoms with Gasteiger partial charge in [-0.25, -0.2) is 4.79 Å². The van der Waals surface area contributed by atoms with Crippen LogP contribution >= 0.6 is 0 Å². The summed E-state index contributed by atoms with van der Waals surface area (Å²) in [5.74, 6) is -0.0311. The van der Waals surface area contributed by atoms with Crippen molar-refractivity contribution >= 4 is 11.8 Å². The molecule has 1 rings (SSSR count). The number of rotatable bonds is 8. The molecule has 1 atom stereocenters. The van der Waals surface area contributed by atoms with E-state index < -0.39 is 5.97 Å². The molecule has 0 aliphatic heterocycles. The number of hydrogen-bond donors (Lipinski definition) is 0. The second kappa shape index (κ2) is 9.19. The number of esters is 1. The van der Waals surface area contributed by atoms with E-state index in [9.17, 15) is 9.59 Å². The first-order valence-corrected chi connectivity index (χ1v) is 7.82. The molecule has 3 nitrogen and oxygen atoms in total. The fourth-order valence-corrected chi connectivity index (χ4v) is 2.20. The smallest absolute Gasteiger partial charge is 0.338 e. The Morgan fingerprint density at radius 3 is 2.32 bits per heavy atom. The minimum atomic E-state index is -0.415. The van der Waals surface area contributed by atoms with Crippen LogP contribution in [0.3, 0.4) is 0 Å². The van der Waals surface area contributed by atoms with Crippen LogP contribution < -0.4 is 0 Å². The van der Waals surface area contributed by atoms with Gasteiger partial charge in [0, 0.05) is 5.56 Å². The molecule has 0 aliphatic rings. The van der Waals surface area contributed by atoms with Crippen molar-refractivity contribution in [3.63, 3.8) is 0 Å². The van der Waals surface area contributed by atoms with Gasteiger partial charge in [-0.05, 0) is 52.0 Å². The lowest BCUT2D eigenvalue weighted by molar-refractivity contribution is 0.0481. The molecule has 0 radical (unpaired) electrons. The first-order valence-electron chi connectivity index (χ1n) is 7.82. The molecule has 0 saturated heterocycles. The van der Waals surface area contributed by atoms with Crippen LogP contribution in [-0.4, -0.2) is 18.4 Å². The van der Waals surface area contributed by atoms with Gasteiger partial charge in [-0.2, -0.15) is 0 Å². The Kier molecular flexibility index (Phi) is 7.58. The van der Waals surface area contributed by atoms with Crippen molar-refractivity contribution in [1.82, 2.24) is 0 Å². The average Bonchev–Trinajstić information content (AvgIpc) is 2.46. The van der Waals surface area contributed by atoms with E-state index in [1.54, 1.807) is 24.3 Å². The first kappa shape index (κ1) is 18.1. The lowest BCUT2D eigenvalue weighted by Crippen LogP contribution is -2.12. The van der Waals surface area contributed by atoms with Gasteiger partial charge in [0.1, 0.15) is 0 Å². The summed E-state index contributed by atoms with van der Waals surface area (Å²) in [4.78, 5) is 23.6. The van der Waals surface area contributed by atoms with Gasteiger partial charge >= 0.3 is 5.97 Å². The molecule has 0 heterocycles. The number of Topliss-reactive ketones (excluding diaryl/α,β-unsaturated/α-hetero) is 1. The molecule has 0 spiro atoms. The van der Waals surface area contributed by atoms with Crippen LogP contribution in [0.25, 0.3) is 0 Å². The van der Waals surface area contributed by atoms with Crippen LogP contribution in [0.15, 0.2) is 35.9 Å². The summed E-state index contributed by atoms with van der Waals surface area (Å²) in [7, 11) is 0. The van der Waals surface area contributed by atoms with Crippen molar-refractivity contribution < 1.29 is 14.3 Å². The predicted octanol–water partition coefficient (Wildman–Crippen LogP) is 4.82. The second-order valence-corrected chi connectivity index (χ2v) is 5.99. The van der Waals surface area contributed by atoms with E-state index in [1.807, 2.05) is 0 Å². The maximum absolute atomic E-state index is 12.1. The highest BCUT2D eigenvalue weighted by molar-refractivity contribution is 6.05. The Balaban J connectivity index is 2.44. The van der Waals surface area contributed by atoms with Gasteiger partial charge in [0.05, 0.1) is 12.2 Å². The maximum Gasteiger partial charge on any atom is 0.338 e. The maximum atomic E-state index is 12.1. The Labute approximate surface area is 133 Å². The normalized spacial score (nSPS) is 11.6. The Morgan fingerprint density at radius 2 is 1.73 bits per heavy atom. The van der Waals surface area contributed by atoms with E-state index in [-0.39, 0.29) is 5.78 Å². The van der Waals surface area contributed by atoms with Crippen LogP contribution in [0.4, 0.5) is 0 Å². The molecule has 0 aromatic heterocycles. The second-order valence-electron chi connectivity index (χ2n) is 5.99. The summed E-state index contributed by atoms with van der Waals surface area (Å²) in [5.41, 5.74) is 2.11. The van der Waals surface area contributed by atoms with E-state index >= 15 is 0 Å². The predicted molar refractivity (Wildman–Crippen MR) is 89.2 cm³/mol. The molecule has 0 saturated carbocycles. The third-order valence-corrected chi connectivity index (χ3v) is 3.58. The van der Waals surface area contributed by atoms with Crippen LogP contribution in [0.5, 0.6) is 0 Å². The van der Waals surface area contributed by atoms with E-state index in [0.717, 1.165) is 19.3 Å². The third-order valence-electron chi connectivity index (χ3n) is 3.58. The molecule has 120 valence electrons. The summed E-state index contributed by atoms with van der Waals surface area (Å²) in [6, 6.07) is 6.78. The molecule has 22 heavy (non-hydrogen) atoms. The van der Waals surface area contributed by atoms with Gasteiger partial charge in [-0.1, -0.05) is 36.8 Å². The molecule has 1 aromatic carbocycles. The molecular weight excluding hydrogens is 276 g/mol. The highest BCUT2D eigenvalue weighted by atomic mass is 16.5. The number of ketones is 1. The highest BCUT2D eigenvalue weighted by Crippen LogP contribution is 2.14. The standard InChI is InChI=1S/C19H26O3/c1-14(2)8-7-9-15(3)12-13-22-19(21)18-11-6-5-10-17(18)16(4)20/h5-6,8,10-11,15H,7,9,12-13H2,1-4H3/t15-/m1/s1. The summed E-state index contributed by atoms with van der Waals surface area (Å²) < 4.78 is 5.31. The number of ether oxygens (including phenoxy) is 1. The van der Waals surface area contributed by atoms with Gasteiger partial charge in [0.15, 0.2) is 5.78 Å². The van der Waals surface area contributed by atoms with Crippen molar-refractivity contribution in [3.05, 3.63) is 47.0 Å². The van der Waals surface area contributed by atoms with E-state index in [2.05, 4.69) is 26.8 Å². The summed E-state index contributed by atoms with van der Waals surface area (Å²) in [5, 5.41) is 0. The summed E-state index contributed by atoms with van der Waals surface area (Å²) in [6.07, 6.45) is 5.22. The van der Waals surface area contributed by atoms with Crippen LogP contribution in [0.1, 0.15) is 67.7 Å². The molecular formula is C19H26O3. The van der Waals surface area contributed by atoms with Crippen molar-refractivity contribution in [2.24, 2.45) is 5.92 Å². The van der Waals surface area contributed by atoms with Crippen molar-refractivity contribution in [3.8, 4) is 0 Å². The zero-order valence-electron chi connectivity index (χ0n) is 14.0. The van der Waals surface area contributed by atoms with Crippen molar-refractivity contribution in [2.45, 2.75) is 47.0 Å². The molecule has 0 unspecified atom stereocenters. The summed E-state index contributed by atoms with van der Waals surface area (Å²) >= 11 is 0. The van der Waals surface area contributed by atoms with E-state index in [0.29, 0.717) is 23.7 Å². The molecule has 0 fully saturated rings. The van der Waals surface area contributed by atoms with E-state index in [4.69, 9.17) is 4.74 Å². The molecule has 3 heteroatoms. The van der Waals surface area contributed by atoms with Crippen molar-refractivity contribution in [2.75, 3.05) is 6.61 Å². The molecule has 0 bridgehead atoms. The zero-order chi connectivity index (χ0) is 16.5. The van der Waals surface area contributed by atoms with Crippen LogP contribution in [0.2, 0.25) is 0 Å². The minimum absolute atomic E-state index is 0.123. The molecule has 1 aromatic rings. The molecule has 0 aliphatic carbocycles. The van der Waals surface area contributed by atoms with Gasteiger partial charge in [-0.15, -0.1) is 0 Å².